The van der Waals surface area contributed by atoms with E-state index in [9.17, 15) is 10.2 Å². The van der Waals surface area contributed by atoms with Gasteiger partial charge in [-0.3, -0.25) is 9.98 Å². The van der Waals surface area contributed by atoms with Crippen molar-refractivity contribution in [2.45, 2.75) is 13.8 Å². The minimum Gasteiger partial charge on any atom is -0.506 e. The summed E-state index contributed by atoms with van der Waals surface area (Å²) in [6.45, 7) is 4.83. The maximum Gasteiger partial charge on any atom is 0.137 e. The van der Waals surface area contributed by atoms with Crippen molar-refractivity contribution in [3.05, 3.63) is 49.7 Å². The lowest BCUT2D eigenvalue weighted by atomic mass is 10.1. The molecule has 138 valence electrons. The molecule has 26 heavy (non-hydrogen) atoms. The van der Waals surface area contributed by atoms with Crippen LogP contribution in [0.25, 0.3) is 0 Å². The minimum atomic E-state index is 0.269. The molecule has 0 aromatic heterocycles. The number of halogens is 4. The zero-order valence-corrected chi connectivity index (χ0v) is 22.7. The summed E-state index contributed by atoms with van der Waals surface area (Å²) >= 11 is 8.71. The van der Waals surface area contributed by atoms with Crippen LogP contribution in [0.3, 0.4) is 0 Å². The number of aliphatic imine (C=N–C) groups is 2. The monoisotopic (exact) mass is 800 g/mol. The number of hydrogen-bond donors (Lipinski definition) is 2. The summed E-state index contributed by atoms with van der Waals surface area (Å²) in [7, 11) is 0. The molecule has 0 aliphatic carbocycles. The number of rotatable bonds is 5. The Kier molecular flexibility index (Phi) is 8.85. The maximum atomic E-state index is 10.2. The molecule has 0 aliphatic heterocycles. The summed E-state index contributed by atoms with van der Waals surface area (Å²) < 4.78 is 3.76. The molecular formula is C18H16I4N2O2. The van der Waals surface area contributed by atoms with Gasteiger partial charge in [0.05, 0.1) is 20.2 Å². The van der Waals surface area contributed by atoms with E-state index in [0.29, 0.717) is 13.1 Å². The van der Waals surface area contributed by atoms with E-state index in [1.807, 2.05) is 38.1 Å². The van der Waals surface area contributed by atoms with Gasteiger partial charge in [-0.05, 0) is 128 Å². The van der Waals surface area contributed by atoms with E-state index in [1.165, 1.54) is 0 Å². The van der Waals surface area contributed by atoms with Gasteiger partial charge in [0, 0.05) is 29.7 Å². The number of benzene rings is 2. The minimum absolute atomic E-state index is 0.269. The summed E-state index contributed by atoms with van der Waals surface area (Å²) in [4.78, 5) is 9.08. The predicted molar refractivity (Wildman–Crippen MR) is 141 cm³/mol. The molecule has 0 saturated carbocycles. The molecule has 2 N–H and O–H groups in total. The van der Waals surface area contributed by atoms with Crippen molar-refractivity contribution >= 4 is 102 Å². The van der Waals surface area contributed by atoms with Gasteiger partial charge in [0.2, 0.25) is 0 Å². The van der Waals surface area contributed by atoms with Gasteiger partial charge in [-0.25, -0.2) is 0 Å². The number of hydrogen-bond acceptors (Lipinski definition) is 4. The smallest absolute Gasteiger partial charge is 0.137 e. The summed E-state index contributed by atoms with van der Waals surface area (Å²) in [6.07, 6.45) is 0. The van der Waals surface area contributed by atoms with Gasteiger partial charge in [-0.2, -0.15) is 0 Å². The van der Waals surface area contributed by atoms with Gasteiger partial charge in [-0.15, -0.1) is 0 Å². The second-order valence-electron chi connectivity index (χ2n) is 5.50. The third-order valence-corrected chi connectivity index (χ3v) is 6.52. The van der Waals surface area contributed by atoms with E-state index in [-0.39, 0.29) is 11.5 Å². The average molecular weight is 800 g/mol. The van der Waals surface area contributed by atoms with Crippen molar-refractivity contribution < 1.29 is 10.2 Å². The van der Waals surface area contributed by atoms with Crippen LogP contribution in [0.4, 0.5) is 0 Å². The van der Waals surface area contributed by atoms with Crippen LogP contribution in [0.2, 0.25) is 0 Å². The van der Waals surface area contributed by atoms with Crippen LogP contribution < -0.4 is 0 Å². The highest BCUT2D eigenvalue weighted by atomic mass is 127. The molecule has 8 heteroatoms. The standard InChI is InChI=1S/C18H16I4N2O2/c1-9(13-5-11(19)7-15(21)17(13)25)23-3-4-24-10(2)14-6-12(20)8-16(22)18(14)26/h5-8,25-26H,3-4H2,1-2H3. The highest BCUT2D eigenvalue weighted by Crippen LogP contribution is 2.28. The van der Waals surface area contributed by atoms with Crippen LogP contribution in [0.15, 0.2) is 34.3 Å². The van der Waals surface area contributed by atoms with Gasteiger partial charge in [0.25, 0.3) is 0 Å². The number of nitrogens with zero attached hydrogens (tertiary/aromatic N) is 2. The normalized spacial score (nSPS) is 12.5. The fraction of sp³-hybridized carbons (Fsp3) is 0.222. The van der Waals surface area contributed by atoms with Crippen LogP contribution in [-0.2, 0) is 0 Å². The highest BCUT2D eigenvalue weighted by Gasteiger charge is 2.11. The predicted octanol–water partition coefficient (Wildman–Crippen LogP) is 5.83. The largest absolute Gasteiger partial charge is 0.506 e. The van der Waals surface area contributed by atoms with E-state index in [0.717, 1.165) is 36.8 Å². The van der Waals surface area contributed by atoms with Gasteiger partial charge >= 0.3 is 0 Å². The topological polar surface area (TPSA) is 65.2 Å². The zero-order chi connectivity index (χ0) is 19.4. The molecule has 0 radical (unpaired) electrons. The molecule has 4 nitrogen and oxygen atoms in total. The Morgan fingerprint density at radius 1 is 0.731 bits per heavy atom. The Hall–Kier alpha value is 0.300. The van der Waals surface area contributed by atoms with Crippen molar-refractivity contribution in [1.29, 1.82) is 0 Å². The van der Waals surface area contributed by atoms with Crippen molar-refractivity contribution in [3.63, 3.8) is 0 Å². The van der Waals surface area contributed by atoms with Crippen LogP contribution in [0, 0.1) is 14.3 Å². The van der Waals surface area contributed by atoms with Crippen molar-refractivity contribution in [2.24, 2.45) is 9.98 Å². The van der Waals surface area contributed by atoms with Crippen LogP contribution in [0.5, 0.6) is 11.5 Å². The quantitative estimate of drug-likeness (QED) is 0.227. The maximum absolute atomic E-state index is 10.2. The first-order chi connectivity index (χ1) is 12.2. The third-order valence-electron chi connectivity index (χ3n) is 3.63. The Balaban J connectivity index is 2.12. The Morgan fingerprint density at radius 3 is 1.42 bits per heavy atom. The van der Waals surface area contributed by atoms with E-state index >= 15 is 0 Å². The van der Waals surface area contributed by atoms with Gasteiger partial charge in [0.15, 0.2) is 0 Å². The van der Waals surface area contributed by atoms with E-state index in [2.05, 4.69) is 100 Å². The Morgan fingerprint density at radius 2 is 1.08 bits per heavy atom. The molecule has 0 unspecified atom stereocenters. The molecule has 0 fully saturated rings. The summed E-state index contributed by atoms with van der Waals surface area (Å²) in [5, 5.41) is 20.4. The lowest BCUT2D eigenvalue weighted by molar-refractivity contribution is 0.469. The van der Waals surface area contributed by atoms with Crippen LogP contribution in [0.1, 0.15) is 25.0 Å². The second-order valence-corrected chi connectivity index (χ2v) is 10.3. The van der Waals surface area contributed by atoms with Gasteiger partial charge in [-0.1, -0.05) is 0 Å². The Bertz CT molecular complexity index is 822. The molecule has 0 amide bonds. The van der Waals surface area contributed by atoms with Gasteiger partial charge < -0.3 is 10.2 Å². The molecule has 0 spiro atoms. The highest BCUT2D eigenvalue weighted by molar-refractivity contribution is 14.1. The number of phenols is 2. The lowest BCUT2D eigenvalue weighted by Gasteiger charge is -2.08. The number of phenolic OH excluding ortho intramolecular Hbond substituents is 2. The summed E-state index contributed by atoms with van der Waals surface area (Å²) in [6, 6.07) is 7.71. The number of aromatic hydroxyl groups is 2. The average Bonchev–Trinajstić information content (AvgIpc) is 2.57. The summed E-state index contributed by atoms with van der Waals surface area (Å²) in [5.74, 6) is 0.538. The summed E-state index contributed by atoms with van der Waals surface area (Å²) in [5.41, 5.74) is 3.09. The molecule has 0 saturated heterocycles. The van der Waals surface area contributed by atoms with Crippen LogP contribution >= 0.6 is 90.4 Å². The third kappa shape index (κ3) is 5.90. The Labute approximate surface area is 207 Å². The molecule has 0 heterocycles. The van der Waals surface area contributed by atoms with Crippen molar-refractivity contribution in [2.75, 3.05) is 13.1 Å². The van der Waals surface area contributed by atoms with E-state index in [1.54, 1.807) is 0 Å². The van der Waals surface area contributed by atoms with E-state index < -0.39 is 0 Å². The molecule has 0 atom stereocenters. The van der Waals surface area contributed by atoms with Gasteiger partial charge in [0.1, 0.15) is 11.5 Å². The fourth-order valence-corrected chi connectivity index (χ4v) is 5.98. The second kappa shape index (κ2) is 10.2. The van der Waals surface area contributed by atoms with Crippen molar-refractivity contribution in [3.8, 4) is 11.5 Å². The van der Waals surface area contributed by atoms with Crippen molar-refractivity contribution in [1.82, 2.24) is 0 Å². The molecule has 0 aliphatic rings. The SMILES string of the molecule is CC(=NCCN=C(C)c1cc(I)cc(I)c1O)c1cc(I)cc(I)c1O. The molecular weight excluding hydrogens is 784 g/mol. The molecule has 2 rings (SSSR count). The van der Waals surface area contributed by atoms with E-state index in [4.69, 9.17) is 0 Å². The molecule has 0 bridgehead atoms. The fourth-order valence-electron chi connectivity index (χ4n) is 2.29. The molecule has 2 aromatic rings. The molecule has 2 aromatic carbocycles. The first-order valence-electron chi connectivity index (χ1n) is 7.59. The lowest BCUT2D eigenvalue weighted by Crippen LogP contribution is -2.03. The first kappa shape index (κ1) is 22.6. The first-order valence-corrected chi connectivity index (χ1v) is 11.9. The zero-order valence-electron chi connectivity index (χ0n) is 14.0. The van der Waals surface area contributed by atoms with Crippen LogP contribution in [-0.4, -0.2) is 34.7 Å².